The van der Waals surface area contributed by atoms with E-state index < -0.39 is 15.9 Å². The van der Waals surface area contributed by atoms with Crippen molar-refractivity contribution >= 4 is 21.6 Å². The highest BCUT2D eigenvalue weighted by Crippen LogP contribution is 2.27. The van der Waals surface area contributed by atoms with Crippen LogP contribution in [0.2, 0.25) is 0 Å². The third-order valence-corrected chi connectivity index (χ3v) is 6.88. The number of hydrogen-bond acceptors (Lipinski definition) is 5. The topological polar surface area (TPSA) is 99.5 Å². The van der Waals surface area contributed by atoms with E-state index in [-0.39, 0.29) is 17.3 Å². The Morgan fingerprint density at radius 3 is 2.76 bits per heavy atom. The summed E-state index contributed by atoms with van der Waals surface area (Å²) in [4.78, 5) is 12.9. The molecule has 1 atom stereocenters. The van der Waals surface area contributed by atoms with E-state index >= 15 is 0 Å². The highest BCUT2D eigenvalue weighted by atomic mass is 32.2. The number of anilines is 1. The minimum absolute atomic E-state index is 0.122. The van der Waals surface area contributed by atoms with Crippen LogP contribution in [0.4, 0.5) is 5.69 Å². The molecule has 0 aromatic heterocycles. The molecule has 1 amide bonds. The van der Waals surface area contributed by atoms with Gasteiger partial charge in [-0.25, -0.2) is 8.42 Å². The first kappa shape index (κ1) is 20.8. The number of piperidine rings is 1. The molecular formula is C21H23N3O4S. The van der Waals surface area contributed by atoms with E-state index in [1.165, 1.54) is 17.5 Å². The van der Waals surface area contributed by atoms with Crippen LogP contribution in [-0.2, 0) is 14.8 Å². The number of carbonyl (C=O) groups excluding carboxylic acids is 1. The monoisotopic (exact) mass is 413 g/mol. The normalized spacial score (nSPS) is 17.3. The predicted octanol–water partition coefficient (Wildman–Crippen LogP) is 2.91. The summed E-state index contributed by atoms with van der Waals surface area (Å²) in [7, 11) is -2.17. The maximum Gasteiger partial charge on any atom is 0.243 e. The van der Waals surface area contributed by atoms with Crippen LogP contribution < -0.4 is 10.1 Å². The Bertz CT molecular complexity index is 1060. The molecule has 1 N–H and O–H groups in total. The molecule has 3 rings (SSSR count). The van der Waals surface area contributed by atoms with E-state index in [0.29, 0.717) is 36.4 Å². The lowest BCUT2D eigenvalue weighted by molar-refractivity contribution is -0.120. The second kappa shape index (κ2) is 8.64. The highest BCUT2D eigenvalue weighted by molar-refractivity contribution is 7.89. The number of aryl methyl sites for hydroxylation is 1. The maximum absolute atomic E-state index is 13.1. The molecule has 0 bridgehead atoms. The number of amides is 1. The Labute approximate surface area is 171 Å². The minimum Gasteiger partial charge on any atom is -0.496 e. The summed E-state index contributed by atoms with van der Waals surface area (Å²) in [6.45, 7) is 2.29. The third kappa shape index (κ3) is 4.58. The number of carbonyl (C=O) groups is 1. The van der Waals surface area contributed by atoms with Gasteiger partial charge in [0.1, 0.15) is 5.75 Å². The number of nitrogens with zero attached hydrogens (tertiary/aromatic N) is 2. The van der Waals surface area contributed by atoms with Crippen LogP contribution in [0.5, 0.6) is 5.75 Å². The Hall–Kier alpha value is -2.89. The van der Waals surface area contributed by atoms with Crippen molar-refractivity contribution in [1.82, 2.24) is 4.31 Å². The van der Waals surface area contributed by atoms with E-state index in [9.17, 15) is 13.2 Å². The lowest BCUT2D eigenvalue weighted by atomic mass is 9.98. The minimum atomic E-state index is -3.70. The fourth-order valence-electron chi connectivity index (χ4n) is 3.45. The lowest BCUT2D eigenvalue weighted by Gasteiger charge is -2.31. The zero-order chi connectivity index (χ0) is 21.0. The van der Waals surface area contributed by atoms with Gasteiger partial charge < -0.3 is 10.1 Å². The largest absolute Gasteiger partial charge is 0.496 e. The van der Waals surface area contributed by atoms with E-state index in [1.807, 2.05) is 6.07 Å². The standard InChI is InChI=1S/C21H23N3O4S/c1-15-11-19(8-9-20(15)28-2)29(26,27)24-10-4-6-17(14-24)21(25)23-18-7-3-5-16(12-18)13-22/h3,5,7-9,11-12,17H,4,6,10,14H2,1-2H3,(H,23,25)/t17-/m1/s1. The van der Waals surface area contributed by atoms with Crippen molar-refractivity contribution in [3.63, 3.8) is 0 Å². The molecule has 8 heteroatoms. The number of methoxy groups -OCH3 is 1. The number of sulfonamides is 1. The number of hydrogen-bond donors (Lipinski definition) is 1. The fraction of sp³-hybridized carbons (Fsp3) is 0.333. The van der Waals surface area contributed by atoms with Gasteiger partial charge in [0.2, 0.25) is 15.9 Å². The summed E-state index contributed by atoms with van der Waals surface area (Å²) in [6.07, 6.45) is 1.21. The van der Waals surface area contributed by atoms with E-state index in [4.69, 9.17) is 10.00 Å². The molecule has 1 aliphatic heterocycles. The summed E-state index contributed by atoms with van der Waals surface area (Å²) in [6, 6.07) is 13.4. The predicted molar refractivity (Wildman–Crippen MR) is 109 cm³/mol. The molecule has 29 heavy (non-hydrogen) atoms. The maximum atomic E-state index is 13.1. The lowest BCUT2D eigenvalue weighted by Crippen LogP contribution is -2.43. The highest BCUT2D eigenvalue weighted by Gasteiger charge is 2.33. The average Bonchev–Trinajstić information content (AvgIpc) is 2.73. The van der Waals surface area contributed by atoms with Crippen LogP contribution in [0.1, 0.15) is 24.0 Å². The van der Waals surface area contributed by atoms with Crippen LogP contribution in [0, 0.1) is 24.2 Å². The van der Waals surface area contributed by atoms with E-state index in [1.54, 1.807) is 43.3 Å². The molecule has 2 aromatic carbocycles. The number of benzene rings is 2. The van der Waals surface area contributed by atoms with Gasteiger partial charge in [0, 0.05) is 18.8 Å². The smallest absolute Gasteiger partial charge is 0.243 e. The quantitative estimate of drug-likeness (QED) is 0.812. The van der Waals surface area contributed by atoms with Crippen LogP contribution in [0.3, 0.4) is 0 Å². The van der Waals surface area contributed by atoms with Crippen molar-refractivity contribution in [3.8, 4) is 11.8 Å². The first-order chi connectivity index (χ1) is 13.8. The first-order valence-corrected chi connectivity index (χ1v) is 10.7. The molecule has 1 heterocycles. The molecule has 1 saturated heterocycles. The van der Waals surface area contributed by atoms with E-state index in [2.05, 4.69) is 5.32 Å². The molecule has 7 nitrogen and oxygen atoms in total. The Morgan fingerprint density at radius 1 is 1.28 bits per heavy atom. The fourth-order valence-corrected chi connectivity index (χ4v) is 5.06. The van der Waals surface area contributed by atoms with Gasteiger partial charge in [-0.15, -0.1) is 0 Å². The van der Waals surface area contributed by atoms with Gasteiger partial charge in [-0.1, -0.05) is 6.07 Å². The number of nitrogens with one attached hydrogen (secondary N) is 1. The molecule has 1 aliphatic rings. The molecule has 1 fully saturated rings. The summed E-state index contributed by atoms with van der Waals surface area (Å²) in [5.74, 6) is -0.0750. The second-order valence-corrected chi connectivity index (χ2v) is 8.95. The molecule has 2 aromatic rings. The van der Waals surface area contributed by atoms with Crippen LogP contribution >= 0.6 is 0 Å². The third-order valence-electron chi connectivity index (χ3n) is 5.02. The van der Waals surface area contributed by atoms with Gasteiger partial charge in [0.25, 0.3) is 0 Å². The molecule has 152 valence electrons. The average molecular weight is 413 g/mol. The summed E-state index contributed by atoms with van der Waals surface area (Å²) < 4.78 is 32.7. The Morgan fingerprint density at radius 2 is 2.07 bits per heavy atom. The van der Waals surface area contributed by atoms with Crippen molar-refractivity contribution in [2.45, 2.75) is 24.7 Å². The van der Waals surface area contributed by atoms with Crippen LogP contribution in [0.25, 0.3) is 0 Å². The van der Waals surface area contributed by atoms with Gasteiger partial charge in [-0.2, -0.15) is 9.57 Å². The molecule has 0 unspecified atom stereocenters. The molecule has 0 spiro atoms. The number of nitriles is 1. The molecule has 0 radical (unpaired) electrons. The Balaban J connectivity index is 1.74. The summed E-state index contributed by atoms with van der Waals surface area (Å²) in [5.41, 5.74) is 1.71. The van der Waals surface area contributed by atoms with Gasteiger partial charge in [0.15, 0.2) is 0 Å². The zero-order valence-corrected chi connectivity index (χ0v) is 17.2. The van der Waals surface area contributed by atoms with Crippen LogP contribution in [-0.4, -0.2) is 38.8 Å². The number of rotatable bonds is 5. The van der Waals surface area contributed by atoms with Gasteiger partial charge in [-0.05, 0) is 61.7 Å². The molecular weight excluding hydrogens is 390 g/mol. The summed E-state index contributed by atoms with van der Waals surface area (Å²) in [5, 5.41) is 11.8. The van der Waals surface area contributed by atoms with Crippen molar-refractivity contribution in [1.29, 1.82) is 5.26 Å². The van der Waals surface area contributed by atoms with Crippen molar-refractivity contribution in [3.05, 3.63) is 53.6 Å². The van der Waals surface area contributed by atoms with Gasteiger partial charge >= 0.3 is 0 Å². The van der Waals surface area contributed by atoms with Crippen molar-refractivity contribution < 1.29 is 17.9 Å². The van der Waals surface area contributed by atoms with Crippen LogP contribution in [0.15, 0.2) is 47.4 Å². The second-order valence-electron chi connectivity index (χ2n) is 7.02. The molecule has 0 saturated carbocycles. The van der Waals surface area contributed by atoms with Crippen molar-refractivity contribution in [2.24, 2.45) is 5.92 Å². The molecule has 0 aliphatic carbocycles. The van der Waals surface area contributed by atoms with Gasteiger partial charge in [-0.3, -0.25) is 4.79 Å². The number of ether oxygens (including phenoxy) is 1. The van der Waals surface area contributed by atoms with Crippen molar-refractivity contribution in [2.75, 3.05) is 25.5 Å². The first-order valence-electron chi connectivity index (χ1n) is 9.31. The Kier molecular flexibility index (Phi) is 6.20. The SMILES string of the molecule is COc1ccc(S(=O)(=O)N2CCC[C@@H](C(=O)Nc3cccc(C#N)c3)C2)cc1C. The summed E-state index contributed by atoms with van der Waals surface area (Å²) >= 11 is 0. The van der Waals surface area contributed by atoms with Gasteiger partial charge in [0.05, 0.1) is 29.6 Å². The zero-order valence-electron chi connectivity index (χ0n) is 16.4. The van der Waals surface area contributed by atoms with E-state index in [0.717, 1.165) is 5.56 Å².